The molecule has 0 unspecified atom stereocenters. The van der Waals surface area contributed by atoms with Crippen molar-refractivity contribution in [2.75, 3.05) is 12.0 Å². The smallest absolute Gasteiger partial charge is 0.343 e. The van der Waals surface area contributed by atoms with Crippen LogP contribution in [0.3, 0.4) is 0 Å². The summed E-state index contributed by atoms with van der Waals surface area (Å²) >= 11 is 1.35. The lowest BCUT2D eigenvalue weighted by atomic mass is 10.1. The van der Waals surface area contributed by atoms with Crippen LogP contribution in [0.1, 0.15) is 34.1 Å². The number of benzene rings is 2. The first kappa shape index (κ1) is 21.2. The molecular weight excluding hydrogens is 402 g/mol. The van der Waals surface area contributed by atoms with Gasteiger partial charge in [-0.3, -0.25) is 10.2 Å². The molecule has 0 atom stereocenters. The van der Waals surface area contributed by atoms with Crippen LogP contribution in [-0.4, -0.2) is 29.7 Å². The molecule has 0 saturated heterocycles. The number of carbonyl (C=O) groups excluding carboxylic acids is 2. The number of rotatable bonds is 8. The molecule has 0 spiro atoms. The predicted octanol–water partition coefficient (Wildman–Crippen LogP) is 4.22. The molecule has 0 aliphatic rings. The van der Waals surface area contributed by atoms with Gasteiger partial charge in [0, 0.05) is 5.38 Å². The van der Waals surface area contributed by atoms with Crippen LogP contribution < -0.4 is 10.2 Å². The van der Waals surface area contributed by atoms with E-state index in [0.29, 0.717) is 28.7 Å². The zero-order valence-electron chi connectivity index (χ0n) is 16.6. The number of hydrogen-bond acceptors (Lipinski definition) is 8. The summed E-state index contributed by atoms with van der Waals surface area (Å²) in [6.45, 7) is 4.07. The molecule has 0 bridgehead atoms. The molecule has 0 aliphatic heterocycles. The van der Waals surface area contributed by atoms with Crippen molar-refractivity contribution < 1.29 is 19.1 Å². The number of ether oxygens (including phenoxy) is 2. The minimum absolute atomic E-state index is 0.137. The molecule has 154 valence electrons. The Morgan fingerprint density at radius 1 is 1.13 bits per heavy atom. The van der Waals surface area contributed by atoms with Crippen LogP contribution in [0.5, 0.6) is 5.75 Å². The SMILES string of the molecule is CCOC(=O)Cc1csc(NN=Cc2ccc(OC(=O)c3ccc(C)cc3)cc2)n1. The van der Waals surface area contributed by atoms with Gasteiger partial charge in [0.25, 0.3) is 0 Å². The summed E-state index contributed by atoms with van der Waals surface area (Å²) in [6, 6.07) is 14.2. The molecule has 8 heteroatoms. The molecule has 1 N–H and O–H groups in total. The number of anilines is 1. The maximum atomic E-state index is 12.2. The topological polar surface area (TPSA) is 89.9 Å². The third kappa shape index (κ3) is 6.25. The number of thiazole rings is 1. The fraction of sp³-hybridized carbons (Fsp3) is 0.182. The number of aryl methyl sites for hydroxylation is 1. The summed E-state index contributed by atoms with van der Waals surface area (Å²) in [5.74, 6) is -0.254. The molecule has 7 nitrogen and oxygen atoms in total. The number of aromatic nitrogens is 1. The van der Waals surface area contributed by atoms with Crippen molar-refractivity contribution in [1.82, 2.24) is 4.98 Å². The minimum atomic E-state index is -0.402. The van der Waals surface area contributed by atoms with Crippen molar-refractivity contribution in [1.29, 1.82) is 0 Å². The Hall–Kier alpha value is -3.52. The average Bonchev–Trinajstić information content (AvgIpc) is 3.17. The first-order chi connectivity index (χ1) is 14.5. The first-order valence-electron chi connectivity index (χ1n) is 9.31. The normalized spacial score (nSPS) is 10.7. The number of nitrogens with zero attached hydrogens (tertiary/aromatic N) is 2. The van der Waals surface area contributed by atoms with Crippen LogP contribution in [-0.2, 0) is 16.0 Å². The van der Waals surface area contributed by atoms with Crippen LogP contribution in [0.25, 0.3) is 0 Å². The lowest BCUT2D eigenvalue weighted by Crippen LogP contribution is -2.08. The van der Waals surface area contributed by atoms with Crippen molar-refractivity contribution in [3.63, 3.8) is 0 Å². The predicted molar refractivity (Wildman–Crippen MR) is 116 cm³/mol. The van der Waals surface area contributed by atoms with Gasteiger partial charge in [-0.05, 0) is 55.8 Å². The molecule has 0 saturated carbocycles. The Balaban J connectivity index is 1.51. The molecule has 30 heavy (non-hydrogen) atoms. The van der Waals surface area contributed by atoms with Crippen molar-refractivity contribution in [2.45, 2.75) is 20.3 Å². The Morgan fingerprint density at radius 3 is 2.57 bits per heavy atom. The zero-order chi connectivity index (χ0) is 21.3. The summed E-state index contributed by atoms with van der Waals surface area (Å²) in [5.41, 5.74) is 5.87. The molecule has 2 aromatic carbocycles. The van der Waals surface area contributed by atoms with Crippen molar-refractivity contribution >= 4 is 34.6 Å². The highest BCUT2D eigenvalue weighted by molar-refractivity contribution is 7.13. The fourth-order valence-electron chi connectivity index (χ4n) is 2.44. The lowest BCUT2D eigenvalue weighted by Gasteiger charge is -2.05. The van der Waals surface area contributed by atoms with Gasteiger partial charge >= 0.3 is 11.9 Å². The van der Waals surface area contributed by atoms with E-state index in [-0.39, 0.29) is 12.4 Å². The van der Waals surface area contributed by atoms with Crippen molar-refractivity contribution in [3.8, 4) is 5.75 Å². The number of esters is 2. The molecular formula is C22H21N3O4S. The monoisotopic (exact) mass is 423 g/mol. The molecule has 0 aliphatic carbocycles. The number of hydrazone groups is 1. The van der Waals surface area contributed by atoms with Crippen LogP contribution in [0.15, 0.2) is 59.0 Å². The van der Waals surface area contributed by atoms with Crippen LogP contribution >= 0.6 is 11.3 Å². The van der Waals surface area contributed by atoms with E-state index in [0.717, 1.165) is 11.1 Å². The van der Waals surface area contributed by atoms with E-state index in [1.165, 1.54) is 11.3 Å². The van der Waals surface area contributed by atoms with Gasteiger partial charge in [0.1, 0.15) is 5.75 Å². The first-order valence-corrected chi connectivity index (χ1v) is 10.2. The van der Waals surface area contributed by atoms with E-state index in [1.807, 2.05) is 19.1 Å². The molecule has 0 amide bonds. The van der Waals surface area contributed by atoms with Crippen LogP contribution in [0, 0.1) is 6.92 Å². The second-order valence-corrected chi connectivity index (χ2v) is 7.18. The van der Waals surface area contributed by atoms with Gasteiger partial charge in [0.05, 0.1) is 30.5 Å². The largest absolute Gasteiger partial charge is 0.466 e. The highest BCUT2D eigenvalue weighted by Crippen LogP contribution is 2.17. The Labute approximate surface area is 178 Å². The van der Waals surface area contributed by atoms with Gasteiger partial charge in [-0.2, -0.15) is 5.10 Å². The van der Waals surface area contributed by atoms with Crippen LogP contribution in [0.2, 0.25) is 0 Å². The molecule has 3 rings (SSSR count). The third-order valence-corrected chi connectivity index (χ3v) is 4.73. The van der Waals surface area contributed by atoms with E-state index >= 15 is 0 Å². The zero-order valence-corrected chi connectivity index (χ0v) is 17.4. The summed E-state index contributed by atoms with van der Waals surface area (Å²) < 4.78 is 10.3. The molecule has 1 heterocycles. The Kier molecular flexibility index (Phi) is 7.29. The van der Waals surface area contributed by atoms with Gasteiger partial charge in [-0.25, -0.2) is 9.78 Å². The van der Waals surface area contributed by atoms with Crippen molar-refractivity contribution in [3.05, 3.63) is 76.3 Å². The Bertz CT molecular complexity index is 1030. The molecule has 0 radical (unpaired) electrons. The van der Waals surface area contributed by atoms with Crippen molar-refractivity contribution in [2.24, 2.45) is 5.10 Å². The standard InChI is InChI=1S/C22H21N3O4S/c1-3-28-20(26)12-18-14-30-22(24-18)25-23-13-16-6-10-19(11-7-16)29-21(27)17-8-4-15(2)5-9-17/h4-11,13-14H,3,12H2,1-2H3,(H,24,25). The van der Waals surface area contributed by atoms with E-state index in [9.17, 15) is 9.59 Å². The Morgan fingerprint density at radius 2 is 1.87 bits per heavy atom. The number of carbonyl (C=O) groups is 2. The third-order valence-electron chi connectivity index (χ3n) is 3.93. The number of hydrogen-bond donors (Lipinski definition) is 1. The minimum Gasteiger partial charge on any atom is -0.466 e. The van der Waals surface area contributed by atoms with E-state index in [4.69, 9.17) is 9.47 Å². The summed E-state index contributed by atoms with van der Waals surface area (Å²) in [7, 11) is 0. The fourth-order valence-corrected chi connectivity index (χ4v) is 3.10. The summed E-state index contributed by atoms with van der Waals surface area (Å²) in [4.78, 5) is 27.9. The second kappa shape index (κ2) is 10.3. The molecule has 0 fully saturated rings. The summed E-state index contributed by atoms with van der Waals surface area (Å²) in [6.07, 6.45) is 1.76. The maximum absolute atomic E-state index is 12.2. The van der Waals surface area contributed by atoms with Gasteiger partial charge < -0.3 is 9.47 Å². The van der Waals surface area contributed by atoms with Gasteiger partial charge in [0.2, 0.25) is 5.13 Å². The van der Waals surface area contributed by atoms with E-state index in [1.54, 1.807) is 54.9 Å². The van der Waals surface area contributed by atoms with Crippen LogP contribution in [0.4, 0.5) is 5.13 Å². The molecule has 1 aromatic heterocycles. The highest BCUT2D eigenvalue weighted by atomic mass is 32.1. The van der Waals surface area contributed by atoms with Gasteiger partial charge in [0.15, 0.2) is 0 Å². The highest BCUT2D eigenvalue weighted by Gasteiger charge is 2.09. The summed E-state index contributed by atoms with van der Waals surface area (Å²) in [5, 5.41) is 6.50. The molecule has 3 aromatic rings. The lowest BCUT2D eigenvalue weighted by molar-refractivity contribution is -0.142. The quantitative estimate of drug-likeness (QED) is 0.252. The van der Waals surface area contributed by atoms with E-state index in [2.05, 4.69) is 15.5 Å². The average molecular weight is 423 g/mol. The van der Waals surface area contributed by atoms with Gasteiger partial charge in [-0.1, -0.05) is 17.7 Å². The second-order valence-electron chi connectivity index (χ2n) is 6.32. The van der Waals surface area contributed by atoms with E-state index < -0.39 is 5.97 Å². The number of nitrogens with one attached hydrogen (secondary N) is 1. The van der Waals surface area contributed by atoms with Gasteiger partial charge in [-0.15, -0.1) is 11.3 Å². The maximum Gasteiger partial charge on any atom is 0.343 e.